The third-order valence-corrected chi connectivity index (χ3v) is 2.49. The van der Waals surface area contributed by atoms with Crippen LogP contribution in [0.2, 0.25) is 16.4 Å². The molecule has 0 N–H and O–H groups in total. The highest BCUT2D eigenvalue weighted by atomic mass is 35.5. The van der Waals surface area contributed by atoms with E-state index in [-0.39, 0.29) is 17.9 Å². The average Bonchev–Trinajstić information content (AvgIpc) is 2.01. The first-order valence-electron chi connectivity index (χ1n) is 4.04. The molecule has 0 saturated carbocycles. The van der Waals surface area contributed by atoms with E-state index in [1.165, 1.54) is 12.1 Å². The maximum Gasteiger partial charge on any atom is 1.00 e. The van der Waals surface area contributed by atoms with Gasteiger partial charge in [0.15, 0.2) is 0 Å². The summed E-state index contributed by atoms with van der Waals surface area (Å²) in [6, 6.07) is 4.67. The Kier molecular flexibility index (Phi) is 3.73. The summed E-state index contributed by atoms with van der Waals surface area (Å²) in [6.07, 6.45) is -0.995. The molecule has 1 aromatic carbocycles. The molecule has 0 aromatic heterocycles. The van der Waals surface area contributed by atoms with Crippen molar-refractivity contribution < 1.29 is 14.4 Å². The van der Waals surface area contributed by atoms with Crippen LogP contribution in [0.15, 0.2) is 18.2 Å². The second kappa shape index (κ2) is 4.45. The Balaban J connectivity index is 0.00000196. The summed E-state index contributed by atoms with van der Waals surface area (Å²) in [4.78, 5) is 0. The molecule has 0 aliphatic heterocycles. The molecule has 1 rings (SSSR count). The summed E-state index contributed by atoms with van der Waals surface area (Å²) in [7, 11) is 0. The lowest BCUT2D eigenvalue weighted by atomic mass is 9.82. The van der Waals surface area contributed by atoms with Crippen LogP contribution in [0.25, 0.3) is 0 Å². The van der Waals surface area contributed by atoms with Crippen molar-refractivity contribution in [2.24, 2.45) is 0 Å². The smallest absolute Gasteiger partial charge is 0.449 e. The van der Waals surface area contributed by atoms with Crippen molar-refractivity contribution >= 4 is 30.2 Å². The first-order valence-corrected chi connectivity index (χ1v) is 4.79. The fraction of sp³-hybridized carbons (Fsp3) is 0.250. The third-order valence-electron chi connectivity index (χ3n) is 1.78. The molecule has 1 aromatic rings. The van der Waals surface area contributed by atoms with E-state index < -0.39 is 13.3 Å². The van der Waals surface area contributed by atoms with Gasteiger partial charge in [0.25, 0.3) is 0 Å². The van der Waals surface area contributed by atoms with Gasteiger partial charge in [0, 0.05) is 10.0 Å². The molecule has 0 amide bonds. The molecule has 0 aliphatic carbocycles. The van der Waals surface area contributed by atoms with Gasteiger partial charge >= 0.3 is 8.40 Å². The molecule has 0 fully saturated rings. The Bertz CT molecular complexity index is 310. The number of hydrogen-bond acceptors (Lipinski definition) is 0. The molecule has 78 valence electrons. The van der Waals surface area contributed by atoms with E-state index in [0.717, 1.165) is 0 Å². The van der Waals surface area contributed by atoms with Crippen molar-refractivity contribution in [1.82, 2.24) is 0 Å². The second-order valence-electron chi connectivity index (χ2n) is 2.95. The van der Waals surface area contributed by atoms with Crippen LogP contribution >= 0.6 is 23.2 Å². The van der Waals surface area contributed by atoms with Gasteiger partial charge in [-0.05, 0) is 24.1 Å². The summed E-state index contributed by atoms with van der Waals surface area (Å²) in [5.41, 5.74) is 0.370. The number of halogens is 5. The van der Waals surface area contributed by atoms with Gasteiger partial charge in [-0.3, -0.25) is 0 Å². The minimum Gasteiger partial charge on any atom is -0.449 e. The standard InChI is InChI=1S/C8H7BCl2F3/c10-7-2-1-3-8(11)6(7)4-5-9(12,13)14/h1-3H,4-5H2/q-1/p+1. The van der Waals surface area contributed by atoms with Crippen LogP contribution in [0.5, 0.6) is 0 Å². The first-order chi connectivity index (χ1) is 6.40. The lowest BCUT2D eigenvalue weighted by molar-refractivity contribution is 0.468. The lowest BCUT2D eigenvalue weighted by Gasteiger charge is -2.14. The summed E-state index contributed by atoms with van der Waals surface area (Å²) in [5.74, 6) is 0. The largest absolute Gasteiger partial charge is 1.00 e. The van der Waals surface area contributed by atoms with E-state index in [2.05, 4.69) is 0 Å². The lowest BCUT2D eigenvalue weighted by Crippen LogP contribution is -2.15. The molecule has 0 heterocycles. The van der Waals surface area contributed by atoms with E-state index >= 15 is 0 Å². The van der Waals surface area contributed by atoms with Gasteiger partial charge in [0.05, 0.1) is 0 Å². The van der Waals surface area contributed by atoms with Crippen LogP contribution in [0.4, 0.5) is 12.9 Å². The fourth-order valence-electron chi connectivity index (χ4n) is 1.08. The number of benzene rings is 1. The van der Waals surface area contributed by atoms with Gasteiger partial charge in [-0.25, -0.2) is 0 Å². The zero-order valence-corrected chi connectivity index (χ0v) is 8.63. The molecular weight excluding hydrogens is 235 g/mol. The van der Waals surface area contributed by atoms with Crippen LogP contribution in [0, 0.1) is 0 Å². The van der Waals surface area contributed by atoms with Crippen molar-refractivity contribution in [3.63, 3.8) is 0 Å². The quantitative estimate of drug-likeness (QED) is 0.685. The molecule has 0 unspecified atom stereocenters. The van der Waals surface area contributed by atoms with Gasteiger partial charge in [-0.15, -0.1) is 0 Å². The molecule has 0 nitrogen and oxygen atoms in total. The van der Waals surface area contributed by atoms with Gasteiger partial charge in [0.2, 0.25) is 0 Å². The fourth-order valence-corrected chi connectivity index (χ4v) is 1.67. The van der Waals surface area contributed by atoms with E-state index in [4.69, 9.17) is 23.2 Å². The van der Waals surface area contributed by atoms with Crippen molar-refractivity contribution in [3.05, 3.63) is 33.8 Å². The Morgan fingerprint density at radius 2 is 1.64 bits per heavy atom. The normalized spacial score (nSPS) is 11.8. The molecule has 0 aliphatic rings. The Morgan fingerprint density at radius 3 is 2.07 bits per heavy atom. The highest BCUT2D eigenvalue weighted by molar-refractivity contribution is 6.58. The van der Waals surface area contributed by atoms with E-state index in [9.17, 15) is 12.9 Å². The van der Waals surface area contributed by atoms with Crippen LogP contribution in [-0.2, 0) is 6.42 Å². The highest BCUT2D eigenvalue weighted by Gasteiger charge is 2.23. The molecule has 6 heteroatoms. The molecule has 0 saturated heterocycles. The Labute approximate surface area is 91.6 Å². The summed E-state index contributed by atoms with van der Waals surface area (Å²) in [5, 5.41) is 0.579. The Hall–Kier alpha value is -0.345. The van der Waals surface area contributed by atoms with E-state index in [0.29, 0.717) is 5.56 Å². The monoisotopic (exact) mass is 242 g/mol. The Morgan fingerprint density at radius 1 is 1.14 bits per heavy atom. The third kappa shape index (κ3) is 3.43. The SMILES string of the molecule is F[B-](F)(F)CCc1c(Cl)cccc1Cl.[H+]. The average molecular weight is 243 g/mol. The molecule has 14 heavy (non-hydrogen) atoms. The first kappa shape index (κ1) is 11.7. The summed E-state index contributed by atoms with van der Waals surface area (Å²) >= 11 is 11.4. The molecule has 0 spiro atoms. The maximum atomic E-state index is 12.0. The highest BCUT2D eigenvalue weighted by Crippen LogP contribution is 2.28. The second-order valence-corrected chi connectivity index (χ2v) is 3.76. The molecule has 0 radical (unpaired) electrons. The van der Waals surface area contributed by atoms with Crippen molar-refractivity contribution in [2.45, 2.75) is 12.7 Å². The van der Waals surface area contributed by atoms with Crippen molar-refractivity contribution in [1.29, 1.82) is 0 Å². The van der Waals surface area contributed by atoms with Crippen LogP contribution in [0.1, 0.15) is 6.99 Å². The van der Waals surface area contributed by atoms with Gasteiger partial charge < -0.3 is 12.9 Å². The van der Waals surface area contributed by atoms with E-state index in [1.54, 1.807) is 6.07 Å². The van der Waals surface area contributed by atoms with Crippen LogP contribution in [0.3, 0.4) is 0 Å². The molecule has 0 bridgehead atoms. The molecule has 0 atom stereocenters. The van der Waals surface area contributed by atoms with Crippen LogP contribution < -0.4 is 0 Å². The zero-order chi connectivity index (χ0) is 10.8. The van der Waals surface area contributed by atoms with Gasteiger partial charge in [-0.1, -0.05) is 35.6 Å². The minimum atomic E-state index is -4.77. The zero-order valence-electron chi connectivity index (χ0n) is 8.11. The number of rotatable bonds is 3. The summed E-state index contributed by atoms with van der Waals surface area (Å²) < 4.78 is 35.9. The van der Waals surface area contributed by atoms with Gasteiger partial charge in [0.1, 0.15) is 0 Å². The predicted octanol–water partition coefficient (Wildman–Crippen LogP) is 4.50. The number of hydrogen-bond donors (Lipinski definition) is 0. The van der Waals surface area contributed by atoms with Gasteiger partial charge in [-0.2, -0.15) is 0 Å². The van der Waals surface area contributed by atoms with Crippen molar-refractivity contribution in [3.8, 4) is 0 Å². The van der Waals surface area contributed by atoms with E-state index in [1.807, 2.05) is 0 Å². The topological polar surface area (TPSA) is 0 Å². The van der Waals surface area contributed by atoms with Crippen LogP contribution in [-0.4, -0.2) is 6.98 Å². The minimum absolute atomic E-state index is 0. The molecular formula is C8H8BCl2F3. The summed E-state index contributed by atoms with van der Waals surface area (Å²) in [6.45, 7) is -4.77. The van der Waals surface area contributed by atoms with Crippen molar-refractivity contribution in [2.75, 3.05) is 0 Å². The maximum absolute atomic E-state index is 12.0. The predicted molar refractivity (Wildman–Crippen MR) is 55.2 cm³/mol.